The molecule has 0 spiro atoms. The zero-order chi connectivity index (χ0) is 21.2. The molecule has 0 aliphatic carbocycles. The minimum Gasteiger partial charge on any atom is -0.353 e. The van der Waals surface area contributed by atoms with E-state index in [2.05, 4.69) is 31.2 Å². The second-order valence-corrected chi connectivity index (χ2v) is 8.71. The number of carbonyl (C=O) groups is 2. The first kappa shape index (κ1) is 19.9. The molecular weight excluding hydrogens is 412 g/mol. The van der Waals surface area contributed by atoms with Crippen LogP contribution in [0, 0.1) is 0 Å². The minimum atomic E-state index is -0.0604. The molecule has 8 nitrogen and oxygen atoms in total. The summed E-state index contributed by atoms with van der Waals surface area (Å²) in [5.41, 5.74) is 1.48. The number of aromatic nitrogens is 2. The van der Waals surface area contributed by atoms with Crippen LogP contribution in [0.15, 0.2) is 42.0 Å². The average molecular weight is 437 g/mol. The molecule has 2 fully saturated rings. The van der Waals surface area contributed by atoms with Gasteiger partial charge >= 0.3 is 0 Å². The summed E-state index contributed by atoms with van der Waals surface area (Å²) in [5, 5.41) is 6.14. The van der Waals surface area contributed by atoms with Crippen molar-refractivity contribution in [2.45, 2.75) is 12.8 Å². The van der Waals surface area contributed by atoms with Gasteiger partial charge in [0.05, 0.1) is 23.3 Å². The first-order chi connectivity index (χ1) is 15.2. The summed E-state index contributed by atoms with van der Waals surface area (Å²) in [5.74, 6) is 1.02. The van der Waals surface area contributed by atoms with Crippen molar-refractivity contribution in [3.05, 3.63) is 42.0 Å². The molecule has 160 valence electrons. The Morgan fingerprint density at radius 1 is 1.06 bits per heavy atom. The fraction of sp³-hybridized carbons (Fsp3) is 0.364. The fourth-order valence-electron chi connectivity index (χ4n) is 4.26. The molecule has 4 heterocycles. The lowest BCUT2D eigenvalue weighted by Crippen LogP contribution is -2.49. The summed E-state index contributed by atoms with van der Waals surface area (Å²) in [6.07, 6.45) is 3.04. The second-order valence-electron chi connectivity index (χ2n) is 7.81. The Balaban J connectivity index is 1.19. The lowest BCUT2D eigenvalue weighted by atomic mass is 10.2. The molecular formula is C22H24N6O2S. The van der Waals surface area contributed by atoms with Crippen LogP contribution in [0.5, 0.6) is 0 Å². The van der Waals surface area contributed by atoms with Gasteiger partial charge in [0, 0.05) is 39.1 Å². The topological polar surface area (TPSA) is 81.7 Å². The van der Waals surface area contributed by atoms with Crippen LogP contribution in [0.1, 0.15) is 12.8 Å². The predicted octanol–water partition coefficient (Wildman–Crippen LogP) is 2.58. The molecule has 9 heteroatoms. The van der Waals surface area contributed by atoms with Gasteiger partial charge in [0.15, 0.2) is 0 Å². The van der Waals surface area contributed by atoms with Crippen molar-refractivity contribution in [1.29, 1.82) is 0 Å². The van der Waals surface area contributed by atoms with Crippen molar-refractivity contribution in [1.82, 2.24) is 14.9 Å². The molecule has 0 atom stereocenters. The number of carbonyl (C=O) groups excluding carboxylic acids is 2. The average Bonchev–Trinajstić information content (AvgIpc) is 3.43. The molecule has 0 radical (unpaired) electrons. The first-order valence-corrected chi connectivity index (χ1v) is 11.4. The fourth-order valence-corrected chi connectivity index (χ4v) is 4.98. The Labute approximate surface area is 184 Å². The van der Waals surface area contributed by atoms with E-state index in [9.17, 15) is 9.59 Å². The molecule has 1 N–H and O–H groups in total. The van der Waals surface area contributed by atoms with Crippen LogP contribution in [0.25, 0.3) is 10.2 Å². The number of thiophene rings is 1. The number of amides is 2. The molecule has 2 aliphatic heterocycles. The van der Waals surface area contributed by atoms with Crippen molar-refractivity contribution < 1.29 is 9.59 Å². The van der Waals surface area contributed by atoms with Crippen LogP contribution in [0.2, 0.25) is 0 Å². The van der Waals surface area contributed by atoms with Gasteiger partial charge in [-0.15, -0.1) is 11.3 Å². The van der Waals surface area contributed by atoms with Gasteiger partial charge in [0.25, 0.3) is 0 Å². The summed E-state index contributed by atoms with van der Waals surface area (Å²) in [6, 6.07) is 9.60. The summed E-state index contributed by atoms with van der Waals surface area (Å²) >= 11 is 1.62. The van der Waals surface area contributed by atoms with E-state index in [-0.39, 0.29) is 11.8 Å². The smallest absolute Gasteiger partial charge is 0.238 e. The lowest BCUT2D eigenvalue weighted by Gasteiger charge is -2.35. The number of nitrogens with one attached hydrogen (secondary N) is 1. The SMILES string of the molecule is O=C(CN1CCN(c2ncnc3sccc23)CC1)Nc1ccccc1N1CCCC1=O. The van der Waals surface area contributed by atoms with Crippen LogP contribution >= 0.6 is 11.3 Å². The molecule has 2 aromatic heterocycles. The van der Waals surface area contributed by atoms with Crippen LogP contribution in [-0.2, 0) is 9.59 Å². The predicted molar refractivity (Wildman–Crippen MR) is 123 cm³/mol. The number of piperazine rings is 1. The normalized spacial score (nSPS) is 17.5. The maximum atomic E-state index is 12.7. The molecule has 31 heavy (non-hydrogen) atoms. The Hall–Kier alpha value is -3.04. The van der Waals surface area contributed by atoms with Crippen LogP contribution < -0.4 is 15.1 Å². The van der Waals surface area contributed by atoms with Crippen LogP contribution in [-0.4, -0.2) is 66.0 Å². The van der Waals surface area contributed by atoms with Gasteiger partial charge in [-0.25, -0.2) is 9.97 Å². The quantitative estimate of drug-likeness (QED) is 0.662. The van der Waals surface area contributed by atoms with E-state index in [1.807, 2.05) is 29.6 Å². The van der Waals surface area contributed by atoms with Crippen molar-refractivity contribution in [3.8, 4) is 0 Å². The molecule has 2 saturated heterocycles. The molecule has 2 aliphatic rings. The highest BCUT2D eigenvalue weighted by Gasteiger charge is 2.25. The molecule has 1 aromatic carbocycles. The number of rotatable bonds is 5. The molecule has 3 aromatic rings. The summed E-state index contributed by atoms with van der Waals surface area (Å²) in [7, 11) is 0. The standard InChI is InChI=1S/C22H24N6O2S/c29-19(25-17-4-1-2-5-18(17)28-8-3-6-20(28)30)14-26-9-11-27(12-10-26)21-16-7-13-31-22(16)24-15-23-21/h1-2,4-5,7,13,15H,3,6,8-12,14H2,(H,25,29). The molecule has 5 rings (SSSR count). The van der Waals surface area contributed by atoms with Crippen molar-refractivity contribution in [2.75, 3.05) is 54.4 Å². The summed E-state index contributed by atoms with van der Waals surface area (Å²) < 4.78 is 0. The molecule has 0 unspecified atom stereocenters. The van der Waals surface area contributed by atoms with E-state index in [1.165, 1.54) is 0 Å². The van der Waals surface area contributed by atoms with Crippen molar-refractivity contribution in [2.24, 2.45) is 0 Å². The highest BCUT2D eigenvalue weighted by molar-refractivity contribution is 7.16. The number of fused-ring (bicyclic) bond motifs is 1. The monoisotopic (exact) mass is 436 g/mol. The number of hydrogen-bond donors (Lipinski definition) is 1. The van der Waals surface area contributed by atoms with Gasteiger partial charge in [0.1, 0.15) is 17.0 Å². The lowest BCUT2D eigenvalue weighted by molar-refractivity contribution is -0.118. The third kappa shape index (κ3) is 4.11. The maximum absolute atomic E-state index is 12.7. The number of hydrogen-bond acceptors (Lipinski definition) is 7. The maximum Gasteiger partial charge on any atom is 0.238 e. The third-order valence-corrected chi connectivity index (χ3v) is 6.64. The van der Waals surface area contributed by atoms with E-state index in [1.54, 1.807) is 22.6 Å². The number of para-hydroxylation sites is 2. The zero-order valence-corrected chi connectivity index (χ0v) is 18.0. The molecule has 2 amide bonds. The van der Waals surface area contributed by atoms with Crippen LogP contribution in [0.4, 0.5) is 17.2 Å². The van der Waals surface area contributed by atoms with E-state index < -0.39 is 0 Å². The highest BCUT2D eigenvalue weighted by atomic mass is 32.1. The van der Waals surface area contributed by atoms with Crippen LogP contribution in [0.3, 0.4) is 0 Å². The Bertz CT molecular complexity index is 1110. The van der Waals surface area contributed by atoms with Gasteiger partial charge in [0.2, 0.25) is 11.8 Å². The van der Waals surface area contributed by atoms with Gasteiger partial charge in [-0.05, 0) is 30.0 Å². The third-order valence-electron chi connectivity index (χ3n) is 5.82. The zero-order valence-electron chi connectivity index (χ0n) is 17.2. The van der Waals surface area contributed by atoms with Gasteiger partial charge in [-0.2, -0.15) is 0 Å². The number of benzene rings is 1. The molecule has 0 bridgehead atoms. The Morgan fingerprint density at radius 3 is 2.71 bits per heavy atom. The van der Waals surface area contributed by atoms with Crippen molar-refractivity contribution >= 4 is 50.6 Å². The highest BCUT2D eigenvalue weighted by Crippen LogP contribution is 2.30. The number of nitrogens with zero attached hydrogens (tertiary/aromatic N) is 5. The summed E-state index contributed by atoms with van der Waals surface area (Å²) in [4.78, 5) is 40.9. The van der Waals surface area contributed by atoms with Gasteiger partial charge < -0.3 is 15.1 Å². The van der Waals surface area contributed by atoms with Gasteiger partial charge in [-0.3, -0.25) is 14.5 Å². The Morgan fingerprint density at radius 2 is 1.90 bits per heavy atom. The van der Waals surface area contributed by atoms with Gasteiger partial charge in [-0.1, -0.05) is 12.1 Å². The first-order valence-electron chi connectivity index (χ1n) is 10.5. The van der Waals surface area contributed by atoms with E-state index >= 15 is 0 Å². The summed E-state index contributed by atoms with van der Waals surface area (Å²) in [6.45, 7) is 4.23. The minimum absolute atomic E-state index is 0.0604. The van der Waals surface area contributed by atoms with Crippen molar-refractivity contribution in [3.63, 3.8) is 0 Å². The van der Waals surface area contributed by atoms with E-state index in [0.717, 1.165) is 54.3 Å². The number of anilines is 3. The second kappa shape index (κ2) is 8.60. The van der Waals surface area contributed by atoms with E-state index in [4.69, 9.17) is 0 Å². The largest absolute Gasteiger partial charge is 0.353 e. The van der Waals surface area contributed by atoms with E-state index in [0.29, 0.717) is 25.2 Å². The molecule has 0 saturated carbocycles. The Kier molecular flexibility index (Phi) is 5.52.